The first kappa shape index (κ1) is 16.4. The van der Waals surface area contributed by atoms with Crippen molar-refractivity contribution in [3.63, 3.8) is 0 Å². The van der Waals surface area contributed by atoms with Crippen LogP contribution in [0, 0.1) is 12.8 Å². The van der Waals surface area contributed by atoms with Crippen molar-refractivity contribution < 1.29 is 9.21 Å². The van der Waals surface area contributed by atoms with Crippen molar-refractivity contribution in [1.82, 2.24) is 24.9 Å². The predicted octanol–water partition coefficient (Wildman–Crippen LogP) is 0.753. The Morgan fingerprint density at radius 3 is 2.74 bits per heavy atom. The van der Waals surface area contributed by atoms with Crippen LogP contribution < -0.4 is 0 Å². The lowest BCUT2D eigenvalue weighted by molar-refractivity contribution is -0.128. The van der Waals surface area contributed by atoms with Gasteiger partial charge in [0, 0.05) is 59.2 Å². The predicted molar refractivity (Wildman–Crippen MR) is 85.7 cm³/mol. The molecule has 0 bridgehead atoms. The summed E-state index contributed by atoms with van der Waals surface area (Å²) < 4.78 is 5.50. The van der Waals surface area contributed by atoms with E-state index >= 15 is 0 Å². The molecule has 0 spiro atoms. The molecule has 0 aromatic carbocycles. The van der Waals surface area contributed by atoms with Crippen LogP contribution in [0.15, 0.2) is 4.42 Å². The first-order valence-corrected chi connectivity index (χ1v) is 8.54. The first-order valence-electron chi connectivity index (χ1n) is 8.54. The number of carbonyl (C=O) groups is 1. The van der Waals surface area contributed by atoms with Gasteiger partial charge >= 0.3 is 0 Å². The van der Waals surface area contributed by atoms with Crippen LogP contribution in [0.25, 0.3) is 0 Å². The highest BCUT2D eigenvalue weighted by Crippen LogP contribution is 2.24. The highest BCUT2D eigenvalue weighted by atomic mass is 16.4. The number of hydrogen-bond donors (Lipinski definition) is 0. The molecule has 2 aliphatic rings. The molecule has 0 radical (unpaired) electrons. The maximum Gasteiger partial charge on any atom is 0.230 e. The van der Waals surface area contributed by atoms with Gasteiger partial charge in [-0.05, 0) is 12.3 Å². The quantitative estimate of drug-likeness (QED) is 0.819. The SMILES string of the molecule is CC(=O)N1CCCN([C@@H]2CN(Cc3nnc(C)o3)C[C@@H]2C)CC1. The van der Waals surface area contributed by atoms with Crippen LogP contribution in [-0.4, -0.2) is 76.1 Å². The summed E-state index contributed by atoms with van der Waals surface area (Å²) >= 11 is 0. The van der Waals surface area contributed by atoms with Crippen molar-refractivity contribution in [2.45, 2.75) is 39.8 Å². The van der Waals surface area contributed by atoms with E-state index in [-0.39, 0.29) is 5.91 Å². The monoisotopic (exact) mass is 321 g/mol. The van der Waals surface area contributed by atoms with Gasteiger partial charge in [-0.3, -0.25) is 14.6 Å². The topological polar surface area (TPSA) is 65.7 Å². The normalized spacial score (nSPS) is 27.3. The largest absolute Gasteiger partial charge is 0.424 e. The number of amides is 1. The van der Waals surface area contributed by atoms with Crippen molar-refractivity contribution in [1.29, 1.82) is 0 Å². The van der Waals surface area contributed by atoms with Gasteiger partial charge in [0.05, 0.1) is 6.54 Å². The minimum absolute atomic E-state index is 0.194. The molecule has 2 aliphatic heterocycles. The molecule has 0 unspecified atom stereocenters. The lowest BCUT2D eigenvalue weighted by Crippen LogP contribution is -2.42. The summed E-state index contributed by atoms with van der Waals surface area (Å²) in [5.74, 6) is 2.14. The van der Waals surface area contributed by atoms with E-state index in [1.54, 1.807) is 6.92 Å². The number of carbonyl (C=O) groups excluding carboxylic acids is 1. The minimum atomic E-state index is 0.194. The lowest BCUT2D eigenvalue weighted by atomic mass is 10.0. The van der Waals surface area contributed by atoms with Gasteiger partial charge in [0.15, 0.2) is 0 Å². The zero-order valence-corrected chi connectivity index (χ0v) is 14.4. The third kappa shape index (κ3) is 3.90. The Kier molecular flexibility index (Phi) is 4.96. The average Bonchev–Trinajstić information content (AvgIpc) is 2.96. The molecule has 3 rings (SSSR count). The van der Waals surface area contributed by atoms with E-state index in [2.05, 4.69) is 26.9 Å². The van der Waals surface area contributed by atoms with Crippen LogP contribution in [0.4, 0.5) is 0 Å². The number of rotatable bonds is 3. The summed E-state index contributed by atoms with van der Waals surface area (Å²) in [4.78, 5) is 18.5. The molecule has 2 atom stereocenters. The van der Waals surface area contributed by atoms with Gasteiger partial charge in [0.25, 0.3) is 0 Å². The molecule has 23 heavy (non-hydrogen) atoms. The van der Waals surface area contributed by atoms with Crippen LogP contribution in [0.2, 0.25) is 0 Å². The van der Waals surface area contributed by atoms with Crippen molar-refractivity contribution in [3.8, 4) is 0 Å². The summed E-state index contributed by atoms with van der Waals surface area (Å²) in [5, 5.41) is 8.00. The molecule has 1 amide bonds. The number of aromatic nitrogens is 2. The van der Waals surface area contributed by atoms with Gasteiger partial charge in [-0.1, -0.05) is 6.92 Å². The fraction of sp³-hybridized carbons (Fsp3) is 0.812. The third-order valence-electron chi connectivity index (χ3n) is 5.02. The van der Waals surface area contributed by atoms with Gasteiger partial charge in [0.2, 0.25) is 17.7 Å². The standard InChI is InChI=1S/C16H27N5O2/c1-12-9-19(11-16-18-17-13(2)23-16)10-15(12)21-6-4-5-20(7-8-21)14(3)22/h12,15H,4-11H2,1-3H3/t12-,15+/m0/s1. The molecule has 3 heterocycles. The van der Waals surface area contributed by atoms with E-state index in [1.165, 1.54) is 0 Å². The Balaban J connectivity index is 1.57. The zero-order valence-electron chi connectivity index (χ0n) is 14.4. The third-order valence-corrected chi connectivity index (χ3v) is 5.02. The van der Waals surface area contributed by atoms with Crippen molar-refractivity contribution >= 4 is 5.91 Å². The highest BCUT2D eigenvalue weighted by molar-refractivity contribution is 5.73. The maximum absolute atomic E-state index is 11.6. The van der Waals surface area contributed by atoms with Crippen molar-refractivity contribution in [3.05, 3.63) is 11.8 Å². The average molecular weight is 321 g/mol. The molecule has 0 N–H and O–H groups in total. The fourth-order valence-corrected chi connectivity index (χ4v) is 3.83. The van der Waals surface area contributed by atoms with Crippen LogP contribution >= 0.6 is 0 Å². The van der Waals surface area contributed by atoms with Gasteiger partial charge in [-0.2, -0.15) is 0 Å². The van der Waals surface area contributed by atoms with Gasteiger partial charge in [0.1, 0.15) is 0 Å². The Morgan fingerprint density at radius 1 is 1.22 bits per heavy atom. The Morgan fingerprint density at radius 2 is 2.04 bits per heavy atom. The first-order chi connectivity index (χ1) is 11.0. The molecule has 2 fully saturated rings. The summed E-state index contributed by atoms with van der Waals surface area (Å²) in [7, 11) is 0. The van der Waals surface area contributed by atoms with Crippen LogP contribution in [-0.2, 0) is 11.3 Å². The Labute approximate surface area is 137 Å². The molecule has 1 aromatic heterocycles. The Bertz CT molecular complexity index is 546. The molecule has 7 heteroatoms. The molecular formula is C16H27N5O2. The van der Waals surface area contributed by atoms with Crippen LogP contribution in [0.3, 0.4) is 0 Å². The fourth-order valence-electron chi connectivity index (χ4n) is 3.83. The number of nitrogens with zero attached hydrogens (tertiary/aromatic N) is 5. The summed E-state index contributed by atoms with van der Waals surface area (Å²) in [5.41, 5.74) is 0. The van der Waals surface area contributed by atoms with Gasteiger partial charge in [-0.25, -0.2) is 0 Å². The molecule has 128 valence electrons. The van der Waals surface area contributed by atoms with E-state index in [0.717, 1.165) is 52.2 Å². The number of likely N-dealkylation sites (tertiary alicyclic amines) is 1. The van der Waals surface area contributed by atoms with E-state index in [4.69, 9.17) is 4.42 Å². The van der Waals surface area contributed by atoms with Crippen molar-refractivity contribution in [2.24, 2.45) is 5.92 Å². The smallest absolute Gasteiger partial charge is 0.230 e. The van der Waals surface area contributed by atoms with Gasteiger partial charge < -0.3 is 9.32 Å². The lowest BCUT2D eigenvalue weighted by Gasteiger charge is -2.30. The molecule has 7 nitrogen and oxygen atoms in total. The van der Waals surface area contributed by atoms with E-state index in [0.29, 0.717) is 23.7 Å². The second-order valence-corrected chi connectivity index (χ2v) is 6.85. The number of hydrogen-bond acceptors (Lipinski definition) is 6. The molecular weight excluding hydrogens is 294 g/mol. The second-order valence-electron chi connectivity index (χ2n) is 6.85. The minimum Gasteiger partial charge on any atom is -0.424 e. The second kappa shape index (κ2) is 6.97. The zero-order chi connectivity index (χ0) is 16.4. The van der Waals surface area contributed by atoms with E-state index < -0.39 is 0 Å². The molecule has 0 aliphatic carbocycles. The molecule has 0 saturated carbocycles. The summed E-state index contributed by atoms with van der Waals surface area (Å²) in [6.07, 6.45) is 1.06. The Hall–Kier alpha value is -1.47. The number of aryl methyl sites for hydroxylation is 1. The molecule has 1 aromatic rings. The van der Waals surface area contributed by atoms with Crippen LogP contribution in [0.5, 0.6) is 0 Å². The van der Waals surface area contributed by atoms with E-state index in [9.17, 15) is 4.79 Å². The van der Waals surface area contributed by atoms with E-state index in [1.807, 2.05) is 11.8 Å². The highest BCUT2D eigenvalue weighted by Gasteiger charge is 2.35. The molecule has 2 saturated heterocycles. The summed E-state index contributed by atoms with van der Waals surface area (Å²) in [6.45, 7) is 12.4. The van der Waals surface area contributed by atoms with Crippen LogP contribution in [0.1, 0.15) is 32.0 Å². The summed E-state index contributed by atoms with van der Waals surface area (Å²) in [6, 6.07) is 0.547. The van der Waals surface area contributed by atoms with Crippen molar-refractivity contribution in [2.75, 3.05) is 39.3 Å². The maximum atomic E-state index is 11.6. The van der Waals surface area contributed by atoms with Gasteiger partial charge in [-0.15, -0.1) is 10.2 Å².